The molecule has 3 unspecified atom stereocenters. The van der Waals surface area contributed by atoms with Gasteiger partial charge in [-0.2, -0.15) is 0 Å². The molecule has 2 saturated heterocycles. The molecule has 6 nitrogen and oxygen atoms in total. The maximum absolute atomic E-state index is 5.48. The average molecular weight is 305 g/mol. The van der Waals surface area contributed by atoms with Crippen LogP contribution >= 0.6 is 0 Å². The van der Waals surface area contributed by atoms with Crippen molar-refractivity contribution in [2.75, 3.05) is 47.6 Å². The van der Waals surface area contributed by atoms with Gasteiger partial charge in [0.1, 0.15) is 0 Å². The largest absolute Gasteiger partial charge is 0.500 e. The first-order valence-electron chi connectivity index (χ1n) is 7.25. The maximum Gasteiger partial charge on any atom is 0.500 e. The molecule has 2 aliphatic rings. The quantitative estimate of drug-likeness (QED) is 0.415. The molecule has 0 bridgehead atoms. The molecule has 2 rings (SSSR count). The molecule has 20 heavy (non-hydrogen) atoms. The van der Waals surface area contributed by atoms with Gasteiger partial charge in [-0.3, -0.25) is 4.90 Å². The second kappa shape index (κ2) is 7.30. The molecule has 2 fully saturated rings. The summed E-state index contributed by atoms with van der Waals surface area (Å²) < 4.78 is 27.1. The minimum atomic E-state index is -2.46. The normalized spacial score (nSPS) is 26.9. The van der Waals surface area contributed by atoms with Crippen molar-refractivity contribution in [3.8, 4) is 0 Å². The smallest absolute Gasteiger partial charge is 0.377 e. The molecule has 0 aromatic carbocycles. The molecule has 0 N–H and O–H groups in total. The van der Waals surface area contributed by atoms with E-state index in [1.54, 1.807) is 21.3 Å². The van der Waals surface area contributed by atoms with E-state index in [-0.39, 0.29) is 0 Å². The van der Waals surface area contributed by atoms with Gasteiger partial charge in [-0.15, -0.1) is 0 Å². The van der Waals surface area contributed by atoms with E-state index in [2.05, 4.69) is 11.8 Å². The Morgan fingerprint density at radius 2 is 1.50 bits per heavy atom. The van der Waals surface area contributed by atoms with Crippen LogP contribution in [0.5, 0.6) is 0 Å². The molecule has 0 saturated carbocycles. The molecular formula is C13H27NO5Si. The fourth-order valence-corrected chi connectivity index (χ4v) is 4.31. The molecule has 7 heteroatoms. The summed E-state index contributed by atoms with van der Waals surface area (Å²) in [6, 6.07) is 1.27. The third kappa shape index (κ3) is 4.76. The standard InChI is InChI=1S/C13H27NO5Si/c1-11(5-6-20(15-2,16-3)17-4)14(7-12-9-18-12)8-13-10-19-13/h11-13H,5-10H2,1-4H3. The molecule has 3 atom stereocenters. The Hall–Kier alpha value is -0.0231. The fourth-order valence-electron chi connectivity index (χ4n) is 2.43. The third-order valence-corrected chi connectivity index (χ3v) is 6.87. The Kier molecular flexibility index (Phi) is 5.97. The number of hydrogen-bond acceptors (Lipinski definition) is 6. The van der Waals surface area contributed by atoms with Crippen molar-refractivity contribution < 1.29 is 22.8 Å². The lowest BCUT2D eigenvalue weighted by atomic mass is 10.2. The summed E-state index contributed by atoms with van der Waals surface area (Å²) in [5, 5.41) is 0. The average Bonchev–Trinajstić information content (AvgIpc) is 3.35. The van der Waals surface area contributed by atoms with Crippen LogP contribution in [0.2, 0.25) is 6.04 Å². The summed E-state index contributed by atoms with van der Waals surface area (Å²) in [4.78, 5) is 2.45. The molecule has 0 amide bonds. The Bertz CT molecular complexity index is 272. The third-order valence-electron chi connectivity index (χ3n) is 4.11. The summed E-state index contributed by atoms with van der Waals surface area (Å²) in [5.41, 5.74) is 0. The highest BCUT2D eigenvalue weighted by Crippen LogP contribution is 2.22. The van der Waals surface area contributed by atoms with Crippen LogP contribution in [0.3, 0.4) is 0 Å². The molecule has 2 aliphatic heterocycles. The number of epoxide rings is 2. The van der Waals surface area contributed by atoms with Crippen molar-refractivity contribution in [3.05, 3.63) is 0 Å². The summed E-state index contributed by atoms with van der Waals surface area (Å²) >= 11 is 0. The summed E-state index contributed by atoms with van der Waals surface area (Å²) in [7, 11) is 2.53. The summed E-state index contributed by atoms with van der Waals surface area (Å²) in [6.45, 7) is 6.00. The zero-order valence-corrected chi connectivity index (χ0v) is 14.0. The van der Waals surface area contributed by atoms with Crippen LogP contribution < -0.4 is 0 Å². The number of hydrogen-bond donors (Lipinski definition) is 0. The van der Waals surface area contributed by atoms with Gasteiger partial charge < -0.3 is 22.8 Å². The lowest BCUT2D eigenvalue weighted by Crippen LogP contribution is -2.45. The molecule has 2 heterocycles. The topological polar surface area (TPSA) is 56.0 Å². The van der Waals surface area contributed by atoms with E-state index in [1.165, 1.54) is 0 Å². The van der Waals surface area contributed by atoms with Gasteiger partial charge in [-0.1, -0.05) is 0 Å². The molecular weight excluding hydrogens is 278 g/mol. The highest BCUT2D eigenvalue weighted by molar-refractivity contribution is 6.60. The summed E-state index contributed by atoms with van der Waals surface area (Å²) in [5.74, 6) is 0. The van der Waals surface area contributed by atoms with Crippen molar-refractivity contribution in [2.45, 2.75) is 37.6 Å². The SMILES string of the molecule is CO[Si](CCC(C)N(CC1CO1)CC1CO1)(OC)OC. The van der Waals surface area contributed by atoms with E-state index in [4.69, 9.17) is 22.8 Å². The first kappa shape index (κ1) is 16.3. The van der Waals surface area contributed by atoms with Gasteiger partial charge in [0.15, 0.2) is 0 Å². The van der Waals surface area contributed by atoms with Crippen molar-refractivity contribution in [3.63, 3.8) is 0 Å². The van der Waals surface area contributed by atoms with Gasteiger partial charge in [0.2, 0.25) is 0 Å². The van der Waals surface area contributed by atoms with Gasteiger partial charge in [0.25, 0.3) is 0 Å². The second-order valence-electron chi connectivity index (χ2n) is 5.55. The molecule has 0 aliphatic carbocycles. The minimum absolute atomic E-state index is 0.408. The van der Waals surface area contributed by atoms with Gasteiger partial charge in [0.05, 0.1) is 25.4 Å². The molecule has 0 spiro atoms. The van der Waals surface area contributed by atoms with E-state index in [9.17, 15) is 0 Å². The van der Waals surface area contributed by atoms with E-state index in [0.29, 0.717) is 18.2 Å². The second-order valence-corrected chi connectivity index (χ2v) is 8.64. The lowest BCUT2D eigenvalue weighted by Gasteiger charge is -2.31. The predicted molar refractivity (Wildman–Crippen MR) is 76.7 cm³/mol. The van der Waals surface area contributed by atoms with Gasteiger partial charge >= 0.3 is 8.80 Å². The van der Waals surface area contributed by atoms with Crippen LogP contribution in [0.1, 0.15) is 13.3 Å². The van der Waals surface area contributed by atoms with Gasteiger partial charge in [-0.05, 0) is 13.3 Å². The highest BCUT2D eigenvalue weighted by atomic mass is 28.4. The highest BCUT2D eigenvalue weighted by Gasteiger charge is 2.39. The van der Waals surface area contributed by atoms with Crippen molar-refractivity contribution in [1.82, 2.24) is 4.90 Å². The maximum atomic E-state index is 5.48. The van der Waals surface area contributed by atoms with Crippen molar-refractivity contribution >= 4 is 8.80 Å². The Balaban J connectivity index is 1.81. The molecule has 0 aromatic heterocycles. The van der Waals surface area contributed by atoms with E-state index in [1.807, 2.05) is 0 Å². The van der Waals surface area contributed by atoms with Crippen LogP contribution in [-0.2, 0) is 22.8 Å². The van der Waals surface area contributed by atoms with E-state index in [0.717, 1.165) is 38.8 Å². The van der Waals surface area contributed by atoms with E-state index >= 15 is 0 Å². The number of ether oxygens (including phenoxy) is 2. The zero-order chi connectivity index (χ0) is 14.6. The van der Waals surface area contributed by atoms with Gasteiger partial charge in [-0.25, -0.2) is 0 Å². The number of rotatable bonds is 11. The molecule has 118 valence electrons. The molecule has 0 radical (unpaired) electrons. The zero-order valence-electron chi connectivity index (χ0n) is 13.0. The van der Waals surface area contributed by atoms with Crippen LogP contribution in [0.15, 0.2) is 0 Å². The summed E-state index contributed by atoms with van der Waals surface area (Å²) in [6.07, 6.45) is 1.80. The first-order chi connectivity index (χ1) is 9.62. The van der Waals surface area contributed by atoms with Gasteiger partial charge in [0, 0.05) is 46.5 Å². The lowest BCUT2D eigenvalue weighted by molar-refractivity contribution is 0.115. The Morgan fingerprint density at radius 1 is 1.05 bits per heavy atom. The predicted octanol–water partition coefficient (Wildman–Crippen LogP) is 0.743. The van der Waals surface area contributed by atoms with Crippen molar-refractivity contribution in [2.24, 2.45) is 0 Å². The first-order valence-corrected chi connectivity index (χ1v) is 9.18. The number of nitrogens with zero attached hydrogens (tertiary/aromatic N) is 1. The van der Waals surface area contributed by atoms with Crippen LogP contribution in [0.4, 0.5) is 0 Å². The molecule has 0 aromatic rings. The van der Waals surface area contributed by atoms with Crippen LogP contribution in [-0.4, -0.2) is 79.6 Å². The van der Waals surface area contributed by atoms with E-state index < -0.39 is 8.80 Å². The minimum Gasteiger partial charge on any atom is -0.377 e. The van der Waals surface area contributed by atoms with Crippen LogP contribution in [0, 0.1) is 0 Å². The Morgan fingerprint density at radius 3 is 1.85 bits per heavy atom. The fraction of sp³-hybridized carbons (Fsp3) is 1.00. The Labute approximate surface area is 122 Å². The van der Waals surface area contributed by atoms with Crippen molar-refractivity contribution in [1.29, 1.82) is 0 Å². The monoisotopic (exact) mass is 305 g/mol. The van der Waals surface area contributed by atoms with Crippen LogP contribution in [0.25, 0.3) is 0 Å².